The molecule has 16 heavy (non-hydrogen) atoms. The Morgan fingerprint density at radius 2 is 1.44 bits per heavy atom. The molecule has 1 aliphatic rings. The fourth-order valence-corrected chi connectivity index (χ4v) is 3.04. The molecule has 0 bridgehead atoms. The molecule has 0 spiro atoms. The van der Waals surface area contributed by atoms with Gasteiger partial charge in [-0.3, -0.25) is 6.08 Å². The van der Waals surface area contributed by atoms with E-state index in [2.05, 4.69) is 40.7 Å². The van der Waals surface area contributed by atoms with Gasteiger partial charge < -0.3 is 0 Å². The van der Waals surface area contributed by atoms with Gasteiger partial charge in [-0.05, 0) is 0 Å². The summed E-state index contributed by atoms with van der Waals surface area (Å²) in [6, 6.07) is 0. The fourth-order valence-electron chi connectivity index (χ4n) is 3.04. The van der Waals surface area contributed by atoms with Crippen molar-refractivity contribution >= 4 is 0 Å². The van der Waals surface area contributed by atoms with Crippen LogP contribution in [0.1, 0.15) is 66.7 Å². The molecule has 0 atom stereocenters. The van der Waals surface area contributed by atoms with Crippen molar-refractivity contribution in [1.82, 2.24) is 0 Å². The van der Waals surface area contributed by atoms with Crippen LogP contribution in [0, 0.1) is 11.5 Å². The van der Waals surface area contributed by atoms with E-state index in [1.807, 2.05) is 0 Å². The standard InChI is InChI=1S/C15H25.Li/c1-6-12-11-15(9-4,10-5)14(8-3)13(12)7-2;/h6-10H2,1-5H3;/q-1;+1. The molecular formula is C15H25Li. The van der Waals surface area contributed by atoms with Gasteiger partial charge in [-0.25, -0.2) is 5.57 Å². The van der Waals surface area contributed by atoms with Gasteiger partial charge in [0.25, 0.3) is 0 Å². The molecule has 0 saturated carbocycles. The van der Waals surface area contributed by atoms with E-state index < -0.39 is 0 Å². The average Bonchev–Trinajstić information content (AvgIpc) is 2.62. The number of allylic oxidation sites excluding steroid dienone is 4. The van der Waals surface area contributed by atoms with E-state index >= 15 is 0 Å². The summed E-state index contributed by atoms with van der Waals surface area (Å²) in [5.74, 6) is 0. The van der Waals surface area contributed by atoms with Crippen LogP contribution in [0.3, 0.4) is 0 Å². The second-order valence-electron chi connectivity index (χ2n) is 4.41. The quantitative estimate of drug-likeness (QED) is 0.483. The molecule has 0 aliphatic heterocycles. The van der Waals surface area contributed by atoms with Gasteiger partial charge >= 0.3 is 18.9 Å². The van der Waals surface area contributed by atoms with Crippen molar-refractivity contribution < 1.29 is 18.9 Å². The van der Waals surface area contributed by atoms with Gasteiger partial charge in [-0.2, -0.15) is 11.1 Å². The molecule has 0 amide bonds. The van der Waals surface area contributed by atoms with Gasteiger partial charge in [0.05, 0.1) is 0 Å². The Bertz CT molecular complexity index is 280. The molecule has 0 nitrogen and oxygen atoms in total. The Hall–Kier alpha value is 0.0774. The summed E-state index contributed by atoms with van der Waals surface area (Å²) in [6.45, 7) is 11.4. The van der Waals surface area contributed by atoms with Gasteiger partial charge in [-0.15, -0.1) is 0 Å². The zero-order valence-electron chi connectivity index (χ0n) is 12.0. The van der Waals surface area contributed by atoms with Crippen LogP contribution in [0.5, 0.6) is 0 Å². The third kappa shape index (κ3) is 2.49. The molecule has 1 heteroatoms. The predicted octanol–water partition coefficient (Wildman–Crippen LogP) is 2.07. The van der Waals surface area contributed by atoms with Crippen LogP contribution in [0.25, 0.3) is 0 Å². The minimum absolute atomic E-state index is 0. The zero-order valence-corrected chi connectivity index (χ0v) is 12.0. The maximum Gasteiger partial charge on any atom is 1.00 e. The molecule has 0 aromatic carbocycles. The average molecular weight is 212 g/mol. The van der Waals surface area contributed by atoms with E-state index in [1.54, 1.807) is 11.1 Å². The van der Waals surface area contributed by atoms with E-state index in [1.165, 1.54) is 31.3 Å². The van der Waals surface area contributed by atoms with E-state index in [9.17, 15) is 0 Å². The van der Waals surface area contributed by atoms with E-state index in [0.717, 1.165) is 6.42 Å². The topological polar surface area (TPSA) is 0 Å². The summed E-state index contributed by atoms with van der Waals surface area (Å²) < 4.78 is 0. The van der Waals surface area contributed by atoms with Crippen LogP contribution in [0.15, 0.2) is 16.7 Å². The minimum Gasteiger partial charge on any atom is -0.262 e. The Labute approximate surface area is 114 Å². The van der Waals surface area contributed by atoms with Crippen molar-refractivity contribution in [2.75, 3.05) is 0 Å². The second kappa shape index (κ2) is 6.73. The molecular weight excluding hydrogens is 187 g/mol. The Morgan fingerprint density at radius 3 is 1.75 bits per heavy atom. The summed E-state index contributed by atoms with van der Waals surface area (Å²) in [4.78, 5) is 0. The summed E-state index contributed by atoms with van der Waals surface area (Å²) in [6.07, 6.45) is 9.74. The van der Waals surface area contributed by atoms with Gasteiger partial charge in [0, 0.05) is 0 Å². The maximum atomic E-state index is 3.80. The summed E-state index contributed by atoms with van der Waals surface area (Å²) in [5, 5.41) is 0. The van der Waals surface area contributed by atoms with Crippen LogP contribution < -0.4 is 18.9 Å². The molecule has 0 saturated heterocycles. The Morgan fingerprint density at radius 1 is 0.875 bits per heavy atom. The number of rotatable bonds is 5. The van der Waals surface area contributed by atoms with Crippen molar-refractivity contribution in [2.45, 2.75) is 66.7 Å². The van der Waals surface area contributed by atoms with E-state index in [4.69, 9.17) is 0 Å². The van der Waals surface area contributed by atoms with Gasteiger partial charge in [0.15, 0.2) is 0 Å². The molecule has 0 fully saturated rings. The summed E-state index contributed by atoms with van der Waals surface area (Å²) >= 11 is 0. The largest absolute Gasteiger partial charge is 1.00 e. The third-order valence-corrected chi connectivity index (χ3v) is 3.96. The molecule has 0 radical (unpaired) electrons. The van der Waals surface area contributed by atoms with E-state index in [0.29, 0.717) is 0 Å². The molecule has 0 aromatic heterocycles. The predicted molar refractivity (Wildman–Crippen MR) is 67.7 cm³/mol. The molecule has 1 aliphatic carbocycles. The molecule has 0 N–H and O–H groups in total. The van der Waals surface area contributed by atoms with Crippen molar-refractivity contribution in [2.24, 2.45) is 5.41 Å². The second-order valence-corrected chi connectivity index (χ2v) is 4.41. The molecule has 0 unspecified atom stereocenters. The molecule has 0 aromatic rings. The molecule has 0 heterocycles. The van der Waals surface area contributed by atoms with Crippen molar-refractivity contribution in [3.05, 3.63) is 22.8 Å². The van der Waals surface area contributed by atoms with Crippen LogP contribution in [0.4, 0.5) is 0 Å². The fraction of sp³-hybridized carbons (Fsp3) is 0.733. The SMILES string of the molecule is CCC1=[C-]C(CC)(CC)C(CC)=C1CC.[Li+]. The van der Waals surface area contributed by atoms with Crippen LogP contribution in [-0.2, 0) is 0 Å². The first-order valence-corrected chi connectivity index (χ1v) is 6.55. The van der Waals surface area contributed by atoms with Gasteiger partial charge in [-0.1, -0.05) is 72.1 Å². The van der Waals surface area contributed by atoms with Crippen molar-refractivity contribution in [1.29, 1.82) is 0 Å². The normalized spacial score (nSPS) is 18.4. The summed E-state index contributed by atoms with van der Waals surface area (Å²) in [5.41, 5.74) is 5.07. The number of hydrogen-bond acceptors (Lipinski definition) is 0. The first-order valence-electron chi connectivity index (χ1n) is 6.55. The Balaban J connectivity index is 0.00000225. The maximum absolute atomic E-state index is 3.80. The smallest absolute Gasteiger partial charge is 0.262 e. The number of hydrogen-bond donors (Lipinski definition) is 0. The first kappa shape index (κ1) is 16.1. The molecule has 86 valence electrons. The monoisotopic (exact) mass is 212 g/mol. The van der Waals surface area contributed by atoms with Crippen LogP contribution >= 0.6 is 0 Å². The van der Waals surface area contributed by atoms with Crippen LogP contribution in [-0.4, -0.2) is 0 Å². The van der Waals surface area contributed by atoms with Gasteiger partial charge in [0.1, 0.15) is 0 Å². The van der Waals surface area contributed by atoms with Gasteiger partial charge in [0.2, 0.25) is 0 Å². The zero-order chi connectivity index (χ0) is 11.5. The van der Waals surface area contributed by atoms with Crippen molar-refractivity contribution in [3.63, 3.8) is 0 Å². The first-order chi connectivity index (χ1) is 7.18. The minimum atomic E-state index is 0. The Kier molecular flexibility index (Phi) is 6.76. The molecule has 1 rings (SSSR count). The van der Waals surface area contributed by atoms with Crippen molar-refractivity contribution in [3.8, 4) is 0 Å². The van der Waals surface area contributed by atoms with Crippen LogP contribution in [0.2, 0.25) is 0 Å². The third-order valence-electron chi connectivity index (χ3n) is 3.96. The summed E-state index contributed by atoms with van der Waals surface area (Å²) in [7, 11) is 0. The van der Waals surface area contributed by atoms with E-state index in [-0.39, 0.29) is 24.3 Å².